The molecule has 1 heterocycles. The predicted octanol–water partition coefficient (Wildman–Crippen LogP) is 5.56. The van der Waals surface area contributed by atoms with Crippen LogP contribution < -0.4 is 0 Å². The highest BCUT2D eigenvalue weighted by atomic mass is 35.5. The maximum absolute atomic E-state index is 12.7. The molecule has 0 unspecified atom stereocenters. The summed E-state index contributed by atoms with van der Waals surface area (Å²) in [7, 11) is 0. The van der Waals surface area contributed by atoms with Crippen LogP contribution in [0.25, 0.3) is 11.1 Å². The van der Waals surface area contributed by atoms with E-state index in [9.17, 15) is 4.79 Å². The number of aliphatic imine (C=N–C) groups is 1. The number of benzene rings is 3. The summed E-state index contributed by atoms with van der Waals surface area (Å²) in [5, 5.41) is 0.580. The highest BCUT2D eigenvalue weighted by Crippen LogP contribution is 2.32. The van der Waals surface area contributed by atoms with Crippen molar-refractivity contribution >= 4 is 23.5 Å². The minimum absolute atomic E-state index is 0.332. The van der Waals surface area contributed by atoms with Gasteiger partial charge >= 0.3 is 0 Å². The number of ether oxygens (including phenoxy) is 1. The maximum Gasteiger partial charge on any atom is 0.296 e. The summed E-state index contributed by atoms with van der Waals surface area (Å²) in [6, 6.07) is 23.7. The topological polar surface area (TPSA) is 41.9 Å². The van der Waals surface area contributed by atoms with Gasteiger partial charge in [0.05, 0.1) is 6.61 Å². The molecule has 0 saturated heterocycles. The number of carbonyl (C=O) groups excluding carboxylic acids is 1. The average Bonchev–Trinajstić information content (AvgIpc) is 2.91. The van der Waals surface area contributed by atoms with Crippen molar-refractivity contribution in [3.63, 3.8) is 0 Å². The molecule has 3 aromatic rings. The number of amidine groups is 1. The largest absolute Gasteiger partial charge is 0.465 e. The number of halogens is 1. The van der Waals surface area contributed by atoms with E-state index in [4.69, 9.17) is 16.3 Å². The second-order valence-electron chi connectivity index (χ2n) is 6.81. The Morgan fingerprint density at radius 2 is 1.48 bits per heavy atom. The highest BCUT2D eigenvalue weighted by Gasteiger charge is 2.23. The van der Waals surface area contributed by atoms with E-state index in [1.165, 1.54) is 22.3 Å². The van der Waals surface area contributed by atoms with Gasteiger partial charge in [0.1, 0.15) is 0 Å². The highest BCUT2D eigenvalue weighted by molar-refractivity contribution is 6.30. The molecule has 1 amide bonds. The summed E-state index contributed by atoms with van der Waals surface area (Å²) in [6.07, 6.45) is 0. The first-order valence-corrected chi connectivity index (χ1v) is 9.96. The van der Waals surface area contributed by atoms with Crippen LogP contribution in [0, 0.1) is 0 Å². The molecule has 5 heteroatoms. The summed E-state index contributed by atoms with van der Waals surface area (Å²) in [5.74, 6) is -0.351. The molecule has 0 fully saturated rings. The van der Waals surface area contributed by atoms with Gasteiger partial charge in [-0.25, -0.2) is 0 Å². The van der Waals surface area contributed by atoms with Crippen LogP contribution in [0.15, 0.2) is 77.8 Å². The Kier molecular flexibility index (Phi) is 5.63. The molecule has 0 saturated carbocycles. The number of carbonyl (C=O) groups is 1. The van der Waals surface area contributed by atoms with Crippen LogP contribution in [0.2, 0.25) is 5.02 Å². The Morgan fingerprint density at radius 3 is 2.03 bits per heavy atom. The van der Waals surface area contributed by atoms with Gasteiger partial charge in [0.15, 0.2) is 0 Å². The molecule has 0 aliphatic carbocycles. The molecule has 0 N–H and O–H groups in total. The van der Waals surface area contributed by atoms with E-state index >= 15 is 0 Å². The zero-order valence-electron chi connectivity index (χ0n) is 16.1. The van der Waals surface area contributed by atoms with E-state index < -0.39 is 0 Å². The molecule has 3 aromatic carbocycles. The van der Waals surface area contributed by atoms with E-state index in [1.54, 1.807) is 24.3 Å². The zero-order valence-corrected chi connectivity index (χ0v) is 16.9. The first-order valence-electron chi connectivity index (χ1n) is 9.58. The van der Waals surface area contributed by atoms with Gasteiger partial charge in [0.25, 0.3) is 11.9 Å². The number of hydrogen-bond donors (Lipinski definition) is 0. The lowest BCUT2D eigenvalue weighted by molar-refractivity contribution is 0.0993. The minimum Gasteiger partial charge on any atom is -0.465 e. The molecule has 29 heavy (non-hydrogen) atoms. The second kappa shape index (κ2) is 8.50. The standard InChI is InChI=1S/C24H21ClN2O2/c1-2-29-24(26-23(28)17-11-13-20(25)14-12-17)27-15-18-7-3-5-9-21(18)22-10-6-4-8-19(22)16-27/h3-14H,2,15-16H2,1H3/b26-24-. The number of rotatable bonds is 2. The van der Waals surface area contributed by atoms with Crippen LogP contribution in [-0.2, 0) is 17.8 Å². The summed E-state index contributed by atoms with van der Waals surface area (Å²) in [4.78, 5) is 19.1. The van der Waals surface area contributed by atoms with E-state index in [2.05, 4.69) is 29.3 Å². The van der Waals surface area contributed by atoms with Gasteiger partial charge in [-0.15, -0.1) is 0 Å². The molecule has 4 nitrogen and oxygen atoms in total. The summed E-state index contributed by atoms with van der Waals surface area (Å²) in [5.41, 5.74) is 5.21. The molecule has 0 bridgehead atoms. The third-order valence-corrected chi connectivity index (χ3v) is 5.13. The van der Waals surface area contributed by atoms with Gasteiger partial charge in [-0.05, 0) is 53.4 Å². The number of nitrogens with zero attached hydrogens (tertiary/aromatic N) is 2. The molecule has 1 aliphatic rings. The van der Waals surface area contributed by atoms with E-state index in [1.807, 2.05) is 36.1 Å². The lowest BCUT2D eigenvalue weighted by atomic mass is 9.97. The van der Waals surface area contributed by atoms with E-state index in [-0.39, 0.29) is 5.91 Å². The van der Waals surface area contributed by atoms with Gasteiger partial charge < -0.3 is 9.64 Å². The summed E-state index contributed by atoms with van der Waals surface area (Å²) < 4.78 is 5.81. The molecule has 4 rings (SSSR count). The smallest absolute Gasteiger partial charge is 0.296 e. The number of hydrogen-bond acceptors (Lipinski definition) is 2. The first-order chi connectivity index (χ1) is 14.2. The molecule has 0 spiro atoms. The summed E-state index contributed by atoms with van der Waals surface area (Å²) >= 11 is 5.93. The van der Waals surface area contributed by atoms with Gasteiger partial charge in [0, 0.05) is 23.7 Å². The van der Waals surface area contributed by atoms with Crippen molar-refractivity contribution in [1.29, 1.82) is 0 Å². The van der Waals surface area contributed by atoms with E-state index in [0.29, 0.717) is 36.3 Å². The molecular weight excluding hydrogens is 384 g/mol. The third-order valence-electron chi connectivity index (χ3n) is 4.88. The Morgan fingerprint density at radius 1 is 0.931 bits per heavy atom. The van der Waals surface area contributed by atoms with Crippen molar-refractivity contribution in [3.8, 4) is 11.1 Å². The number of amides is 1. The predicted molar refractivity (Wildman–Crippen MR) is 116 cm³/mol. The molecule has 146 valence electrons. The third kappa shape index (κ3) is 4.17. The normalized spacial score (nSPS) is 13.3. The number of fused-ring (bicyclic) bond motifs is 3. The van der Waals surface area contributed by atoms with E-state index in [0.717, 1.165) is 0 Å². The summed E-state index contributed by atoms with van der Waals surface area (Å²) in [6.45, 7) is 3.53. The lowest BCUT2D eigenvalue weighted by Gasteiger charge is -2.24. The molecule has 0 atom stereocenters. The lowest BCUT2D eigenvalue weighted by Crippen LogP contribution is -2.32. The first kappa shape index (κ1) is 19.2. The Balaban J connectivity index is 1.73. The van der Waals surface area contributed by atoms with Crippen LogP contribution in [0.1, 0.15) is 28.4 Å². The van der Waals surface area contributed by atoms with Crippen molar-refractivity contribution in [3.05, 3.63) is 94.5 Å². The monoisotopic (exact) mass is 404 g/mol. The van der Waals surface area contributed by atoms with Gasteiger partial charge in [0.2, 0.25) is 0 Å². The Labute approximate surface area is 175 Å². The second-order valence-corrected chi connectivity index (χ2v) is 7.25. The van der Waals surface area contributed by atoms with Crippen LogP contribution >= 0.6 is 11.6 Å². The Bertz CT molecular complexity index is 1010. The van der Waals surface area contributed by atoms with Crippen molar-refractivity contribution in [2.45, 2.75) is 20.0 Å². The average molecular weight is 405 g/mol. The van der Waals surface area contributed by atoms with Crippen molar-refractivity contribution in [2.75, 3.05) is 6.61 Å². The minimum atomic E-state index is -0.351. The maximum atomic E-state index is 12.7. The van der Waals surface area contributed by atoms with Gasteiger partial charge in [-0.3, -0.25) is 4.79 Å². The molecular formula is C24H21ClN2O2. The van der Waals surface area contributed by atoms with Gasteiger partial charge in [-0.2, -0.15) is 4.99 Å². The fourth-order valence-corrected chi connectivity index (χ4v) is 3.64. The molecule has 1 aliphatic heterocycles. The Hall–Kier alpha value is -3.11. The molecule has 0 radical (unpaired) electrons. The van der Waals surface area contributed by atoms with Gasteiger partial charge in [-0.1, -0.05) is 60.1 Å². The van der Waals surface area contributed by atoms with Crippen LogP contribution in [0.4, 0.5) is 0 Å². The van der Waals surface area contributed by atoms with Crippen molar-refractivity contribution in [2.24, 2.45) is 4.99 Å². The van der Waals surface area contributed by atoms with Crippen LogP contribution in [0.3, 0.4) is 0 Å². The fraction of sp³-hybridized carbons (Fsp3) is 0.167. The van der Waals surface area contributed by atoms with Crippen molar-refractivity contribution < 1.29 is 9.53 Å². The zero-order chi connectivity index (χ0) is 20.2. The van der Waals surface area contributed by atoms with Crippen LogP contribution in [-0.4, -0.2) is 23.4 Å². The quantitative estimate of drug-likeness (QED) is 0.415. The van der Waals surface area contributed by atoms with Crippen molar-refractivity contribution in [1.82, 2.24) is 4.90 Å². The SMILES string of the molecule is CCO/C(=N\C(=O)c1ccc(Cl)cc1)N1Cc2ccccc2-c2ccccc2C1. The fourth-order valence-electron chi connectivity index (χ4n) is 3.51. The molecule has 0 aromatic heterocycles. The van der Waals surface area contributed by atoms with Crippen LogP contribution in [0.5, 0.6) is 0 Å².